The molecule has 0 saturated carbocycles. The number of benzene rings is 2. The summed E-state index contributed by atoms with van der Waals surface area (Å²) in [5.74, 6) is 2.00. The van der Waals surface area contributed by atoms with Crippen molar-refractivity contribution in [1.29, 1.82) is 0 Å². The molecule has 5 rings (SSSR count). The number of aromatic nitrogens is 3. The van der Waals surface area contributed by atoms with E-state index in [2.05, 4.69) is 56.3 Å². The van der Waals surface area contributed by atoms with Crippen molar-refractivity contribution in [2.45, 2.75) is 19.3 Å². The maximum atomic E-state index is 6.14. The number of fused-ring (bicyclic) bond motifs is 2. The molecule has 4 aromatic rings. The van der Waals surface area contributed by atoms with Crippen LogP contribution >= 0.6 is 0 Å². The lowest BCUT2D eigenvalue weighted by molar-refractivity contribution is 0.414. The van der Waals surface area contributed by atoms with Gasteiger partial charge in [-0.1, -0.05) is 30.3 Å². The van der Waals surface area contributed by atoms with Crippen molar-refractivity contribution in [1.82, 2.24) is 15.0 Å². The lowest BCUT2D eigenvalue weighted by Gasteiger charge is -2.31. The molecule has 0 atom stereocenters. The van der Waals surface area contributed by atoms with Crippen molar-refractivity contribution in [2.75, 3.05) is 24.3 Å². The van der Waals surface area contributed by atoms with Crippen molar-refractivity contribution in [3.63, 3.8) is 0 Å². The van der Waals surface area contributed by atoms with Gasteiger partial charge in [0.2, 0.25) is 5.95 Å². The average molecular weight is 385 g/mol. The van der Waals surface area contributed by atoms with E-state index in [9.17, 15) is 0 Å². The second-order valence-electron chi connectivity index (χ2n) is 7.36. The zero-order chi connectivity index (χ0) is 19.8. The van der Waals surface area contributed by atoms with Crippen LogP contribution in [0.4, 0.5) is 17.5 Å². The van der Waals surface area contributed by atoms with Crippen LogP contribution in [0, 0.1) is 0 Å². The molecule has 0 bridgehead atoms. The van der Waals surface area contributed by atoms with Crippen molar-refractivity contribution >= 4 is 28.5 Å². The smallest absolute Gasteiger partial charge is 0.222 e. The number of ether oxygens (including phenoxy) is 1. The Morgan fingerprint density at radius 1 is 1.14 bits per heavy atom. The van der Waals surface area contributed by atoms with E-state index >= 15 is 0 Å². The van der Waals surface area contributed by atoms with E-state index < -0.39 is 0 Å². The van der Waals surface area contributed by atoms with Crippen molar-refractivity contribution < 1.29 is 4.74 Å². The first-order chi connectivity index (χ1) is 14.2. The Labute approximate surface area is 169 Å². The van der Waals surface area contributed by atoms with Crippen LogP contribution in [0.15, 0.2) is 54.7 Å². The fourth-order valence-electron chi connectivity index (χ4n) is 4.12. The molecule has 29 heavy (non-hydrogen) atoms. The third-order valence-corrected chi connectivity index (χ3v) is 5.50. The lowest BCUT2D eigenvalue weighted by Crippen LogP contribution is -2.26. The van der Waals surface area contributed by atoms with E-state index in [1.165, 1.54) is 11.1 Å². The highest BCUT2D eigenvalue weighted by Gasteiger charge is 2.24. The Morgan fingerprint density at radius 3 is 2.83 bits per heavy atom. The maximum Gasteiger partial charge on any atom is 0.222 e. The monoisotopic (exact) mass is 385 g/mol. The summed E-state index contributed by atoms with van der Waals surface area (Å²) < 4.78 is 5.40. The van der Waals surface area contributed by atoms with Gasteiger partial charge in [0, 0.05) is 30.4 Å². The number of nitrogen functional groups attached to an aromatic ring is 1. The molecular weight excluding hydrogens is 362 g/mol. The first-order valence-corrected chi connectivity index (χ1v) is 9.85. The van der Waals surface area contributed by atoms with E-state index in [0.717, 1.165) is 59.7 Å². The Bertz CT molecular complexity index is 1170. The van der Waals surface area contributed by atoms with E-state index in [4.69, 9.17) is 10.5 Å². The topological polar surface area (TPSA) is 80.1 Å². The summed E-state index contributed by atoms with van der Waals surface area (Å²) in [6, 6.07) is 16.6. The molecule has 0 aliphatic carbocycles. The summed E-state index contributed by atoms with van der Waals surface area (Å²) in [5, 5.41) is 0. The quantitative estimate of drug-likeness (QED) is 0.550. The summed E-state index contributed by atoms with van der Waals surface area (Å²) in [4.78, 5) is 14.8. The Kier molecular flexibility index (Phi) is 4.31. The highest BCUT2D eigenvalue weighted by atomic mass is 16.5. The molecule has 3 heterocycles. The molecule has 0 spiro atoms. The van der Waals surface area contributed by atoms with Crippen LogP contribution in [0.5, 0.6) is 5.75 Å². The van der Waals surface area contributed by atoms with Gasteiger partial charge in [0.25, 0.3) is 0 Å². The molecule has 0 fully saturated rings. The molecule has 1 aliphatic heterocycles. The molecule has 146 valence electrons. The zero-order valence-corrected chi connectivity index (χ0v) is 16.4. The number of methoxy groups -OCH3 is 1. The van der Waals surface area contributed by atoms with Gasteiger partial charge < -0.3 is 20.4 Å². The number of H-pyrrole nitrogens is 1. The van der Waals surface area contributed by atoms with Gasteiger partial charge in [-0.05, 0) is 42.2 Å². The predicted molar refractivity (Wildman–Crippen MR) is 116 cm³/mol. The molecule has 2 aromatic heterocycles. The largest absolute Gasteiger partial charge is 0.497 e. The minimum absolute atomic E-state index is 0.294. The van der Waals surface area contributed by atoms with Gasteiger partial charge in [0.05, 0.1) is 12.6 Å². The minimum atomic E-state index is 0.294. The highest BCUT2D eigenvalue weighted by Crippen LogP contribution is 2.38. The number of nitrogens with zero attached hydrogens (tertiary/aromatic N) is 3. The van der Waals surface area contributed by atoms with Crippen LogP contribution in [0.3, 0.4) is 0 Å². The second-order valence-corrected chi connectivity index (χ2v) is 7.36. The number of aromatic amines is 1. The normalized spacial score (nSPS) is 13.5. The lowest BCUT2D eigenvalue weighted by atomic mass is 10.0. The van der Waals surface area contributed by atoms with E-state index in [1.807, 2.05) is 18.3 Å². The molecular formula is C23H23N5O. The Hall–Kier alpha value is -3.54. The van der Waals surface area contributed by atoms with Gasteiger partial charge in [-0.25, -0.2) is 4.98 Å². The SMILES string of the molecule is COc1ccc2c(c1)CCCN2c1nc(N)nc2c(Cc3ccccc3)c[nH]c12. The zero-order valence-electron chi connectivity index (χ0n) is 16.4. The third kappa shape index (κ3) is 3.16. The van der Waals surface area contributed by atoms with Gasteiger partial charge >= 0.3 is 0 Å². The first-order valence-electron chi connectivity index (χ1n) is 9.85. The molecule has 6 nitrogen and oxygen atoms in total. The summed E-state index contributed by atoms with van der Waals surface area (Å²) in [5.41, 5.74) is 12.7. The van der Waals surface area contributed by atoms with Crippen molar-refractivity contribution in [3.05, 3.63) is 71.4 Å². The fourth-order valence-corrected chi connectivity index (χ4v) is 4.12. The molecule has 0 amide bonds. The van der Waals surface area contributed by atoms with E-state index in [0.29, 0.717) is 5.95 Å². The predicted octanol–water partition coefficient (Wildman–Crippen LogP) is 4.22. The van der Waals surface area contributed by atoms with Crippen LogP contribution < -0.4 is 15.4 Å². The number of anilines is 3. The molecule has 0 unspecified atom stereocenters. The molecule has 0 saturated heterocycles. The van der Waals surface area contributed by atoms with Crippen LogP contribution in [-0.4, -0.2) is 28.6 Å². The number of nitrogens with two attached hydrogens (primary N) is 1. The number of hydrogen-bond donors (Lipinski definition) is 2. The van der Waals surface area contributed by atoms with Gasteiger partial charge in [0.15, 0.2) is 5.82 Å². The van der Waals surface area contributed by atoms with Crippen molar-refractivity contribution in [2.24, 2.45) is 0 Å². The Morgan fingerprint density at radius 2 is 2.00 bits per heavy atom. The fraction of sp³-hybridized carbons (Fsp3) is 0.217. The molecule has 0 radical (unpaired) electrons. The number of nitrogens with one attached hydrogen (secondary N) is 1. The van der Waals surface area contributed by atoms with E-state index in [1.54, 1.807) is 7.11 Å². The Balaban J connectivity index is 1.60. The van der Waals surface area contributed by atoms with Gasteiger partial charge in [0.1, 0.15) is 11.3 Å². The summed E-state index contributed by atoms with van der Waals surface area (Å²) in [6.07, 6.45) is 4.89. The van der Waals surface area contributed by atoms with Crippen LogP contribution in [0.1, 0.15) is 23.1 Å². The summed E-state index contributed by atoms with van der Waals surface area (Å²) >= 11 is 0. The maximum absolute atomic E-state index is 6.14. The van der Waals surface area contributed by atoms with Gasteiger partial charge in [-0.2, -0.15) is 4.98 Å². The van der Waals surface area contributed by atoms with Crippen molar-refractivity contribution in [3.8, 4) is 5.75 Å². The summed E-state index contributed by atoms with van der Waals surface area (Å²) in [7, 11) is 1.70. The number of hydrogen-bond acceptors (Lipinski definition) is 5. The molecule has 3 N–H and O–H groups in total. The molecule has 1 aliphatic rings. The number of rotatable bonds is 4. The number of aryl methyl sites for hydroxylation is 1. The van der Waals surface area contributed by atoms with Crippen LogP contribution in [-0.2, 0) is 12.8 Å². The standard InChI is InChI=1S/C23H23N5O/c1-29-18-9-10-19-16(13-18)8-5-11-28(19)22-21-20(26-23(24)27-22)17(14-25-21)12-15-6-3-2-4-7-15/h2-4,6-7,9-10,13-14,25H,5,8,11-12H2,1H3,(H2,24,26,27). The average Bonchev–Trinajstić information content (AvgIpc) is 3.15. The molecule has 6 heteroatoms. The van der Waals surface area contributed by atoms with E-state index in [-0.39, 0.29) is 0 Å². The van der Waals surface area contributed by atoms with Crippen LogP contribution in [0.2, 0.25) is 0 Å². The highest BCUT2D eigenvalue weighted by molar-refractivity contribution is 5.92. The minimum Gasteiger partial charge on any atom is -0.497 e. The second kappa shape index (κ2) is 7.13. The van der Waals surface area contributed by atoms with Gasteiger partial charge in [-0.15, -0.1) is 0 Å². The third-order valence-electron chi connectivity index (χ3n) is 5.50. The summed E-state index contributed by atoms with van der Waals surface area (Å²) in [6.45, 7) is 0.887. The first kappa shape index (κ1) is 17.6. The van der Waals surface area contributed by atoms with Crippen LogP contribution in [0.25, 0.3) is 11.0 Å². The van der Waals surface area contributed by atoms with Gasteiger partial charge in [-0.3, -0.25) is 0 Å². The molecule has 2 aromatic carbocycles.